The van der Waals surface area contributed by atoms with Gasteiger partial charge in [0.25, 0.3) is 5.91 Å². The maximum Gasteiger partial charge on any atom is 0.254 e. The van der Waals surface area contributed by atoms with Crippen molar-refractivity contribution in [3.8, 4) is 11.8 Å². The third-order valence-corrected chi connectivity index (χ3v) is 5.06. The first-order valence-corrected chi connectivity index (χ1v) is 10.3. The number of benzene rings is 2. The van der Waals surface area contributed by atoms with Crippen molar-refractivity contribution in [2.75, 3.05) is 12.3 Å². The van der Waals surface area contributed by atoms with E-state index in [0.29, 0.717) is 48.6 Å². The maximum absolute atomic E-state index is 12.4. The molecule has 0 aliphatic rings. The number of aryl methyl sites for hydroxylation is 1. The van der Waals surface area contributed by atoms with Gasteiger partial charge in [-0.25, -0.2) is 4.68 Å². The molecule has 0 saturated heterocycles. The number of nitrogen functional groups attached to an aromatic ring is 1. The minimum absolute atomic E-state index is 0.181. The van der Waals surface area contributed by atoms with Crippen molar-refractivity contribution in [3.63, 3.8) is 0 Å². The predicted molar refractivity (Wildman–Crippen MR) is 121 cm³/mol. The van der Waals surface area contributed by atoms with Crippen molar-refractivity contribution in [2.45, 2.75) is 19.4 Å². The lowest BCUT2D eigenvalue weighted by Crippen LogP contribution is -2.24. The second-order valence-corrected chi connectivity index (χ2v) is 7.34. The number of hydrogen-bond acceptors (Lipinski definition) is 5. The van der Waals surface area contributed by atoms with E-state index in [1.54, 1.807) is 21.8 Å². The number of anilines is 1. The van der Waals surface area contributed by atoms with E-state index >= 15 is 0 Å². The zero-order valence-corrected chi connectivity index (χ0v) is 17.5. The lowest BCUT2D eigenvalue weighted by molar-refractivity contribution is 0.0953. The van der Waals surface area contributed by atoms with E-state index in [1.807, 2.05) is 60.7 Å². The highest BCUT2D eigenvalue weighted by atomic mass is 16.1. The summed E-state index contributed by atoms with van der Waals surface area (Å²) in [5.41, 5.74) is 9.56. The Morgan fingerprint density at radius 1 is 1.09 bits per heavy atom. The van der Waals surface area contributed by atoms with Crippen LogP contribution in [0.2, 0.25) is 0 Å². The molecule has 0 bridgehead atoms. The van der Waals surface area contributed by atoms with Crippen LogP contribution in [0.15, 0.2) is 73.1 Å². The van der Waals surface area contributed by atoms with Crippen molar-refractivity contribution < 1.29 is 4.79 Å². The molecule has 0 saturated carbocycles. The summed E-state index contributed by atoms with van der Waals surface area (Å²) < 4.78 is 3.32. The van der Waals surface area contributed by atoms with E-state index in [9.17, 15) is 10.1 Å². The van der Waals surface area contributed by atoms with Gasteiger partial charge in [-0.1, -0.05) is 48.5 Å². The van der Waals surface area contributed by atoms with E-state index in [2.05, 4.69) is 21.6 Å². The molecule has 8 heteroatoms. The summed E-state index contributed by atoms with van der Waals surface area (Å²) in [6.07, 6.45) is 4.46. The predicted octanol–water partition coefficient (Wildman–Crippen LogP) is 2.93. The molecule has 2 heterocycles. The number of nitrogens with two attached hydrogens (primary N) is 1. The van der Waals surface area contributed by atoms with Crippen LogP contribution in [0.3, 0.4) is 0 Å². The van der Waals surface area contributed by atoms with E-state index in [1.165, 1.54) is 0 Å². The number of hydrogen-bond donors (Lipinski definition) is 2. The minimum Gasteiger partial charge on any atom is -0.382 e. The number of amides is 1. The largest absolute Gasteiger partial charge is 0.382 e. The summed E-state index contributed by atoms with van der Waals surface area (Å²) in [5, 5.41) is 21.2. The van der Waals surface area contributed by atoms with Gasteiger partial charge < -0.3 is 11.1 Å². The third-order valence-electron chi connectivity index (χ3n) is 5.06. The van der Waals surface area contributed by atoms with Gasteiger partial charge in [0.05, 0.1) is 29.7 Å². The van der Waals surface area contributed by atoms with Gasteiger partial charge in [-0.05, 0) is 30.5 Å². The molecule has 2 aromatic heterocycles. The highest BCUT2D eigenvalue weighted by Gasteiger charge is 2.16. The zero-order chi connectivity index (χ0) is 22.3. The average Bonchev–Trinajstić information content (AvgIpc) is 3.42. The molecule has 3 N–H and O–H groups in total. The molecule has 0 atom stereocenters. The van der Waals surface area contributed by atoms with Gasteiger partial charge >= 0.3 is 0 Å². The molecular weight excluding hydrogens is 402 g/mol. The monoisotopic (exact) mass is 425 g/mol. The highest BCUT2D eigenvalue weighted by molar-refractivity contribution is 5.93. The Balaban J connectivity index is 1.32. The van der Waals surface area contributed by atoms with Crippen molar-refractivity contribution in [2.24, 2.45) is 0 Å². The molecule has 2 aromatic carbocycles. The fourth-order valence-corrected chi connectivity index (χ4v) is 3.44. The normalized spacial score (nSPS) is 10.6. The summed E-state index contributed by atoms with van der Waals surface area (Å²) in [6, 6.07) is 21.5. The number of nitriles is 1. The van der Waals surface area contributed by atoms with Crippen LogP contribution in [0.4, 0.5) is 5.82 Å². The molecule has 0 aliphatic carbocycles. The summed E-state index contributed by atoms with van der Waals surface area (Å²) in [7, 11) is 0. The molecule has 4 aromatic rings. The van der Waals surface area contributed by atoms with E-state index in [0.717, 1.165) is 11.3 Å². The summed E-state index contributed by atoms with van der Waals surface area (Å²) in [6.45, 7) is 1.06. The van der Waals surface area contributed by atoms with Crippen LogP contribution in [0.25, 0.3) is 5.69 Å². The molecule has 8 nitrogen and oxygen atoms in total. The number of aromatic nitrogens is 4. The number of rotatable bonds is 8. The SMILES string of the molecule is N#Cc1c(CCCNC(=O)c2cnn(Cc3ccccc3)c2)nn(-c2ccccc2)c1N. The number of carbonyl (C=O) groups excluding carboxylic acids is 1. The summed E-state index contributed by atoms with van der Waals surface area (Å²) >= 11 is 0. The molecule has 4 rings (SSSR count). The standard InChI is InChI=1S/C24H23N7O/c25-14-21-22(29-31(23(21)26)20-10-5-2-6-11-20)12-7-13-27-24(32)19-15-28-30(17-19)16-18-8-3-1-4-9-18/h1-6,8-11,15,17H,7,12-13,16,26H2,(H,27,32). The van der Waals surface area contributed by atoms with Crippen LogP contribution < -0.4 is 11.1 Å². The fourth-order valence-electron chi connectivity index (χ4n) is 3.44. The Bertz CT molecular complexity index is 1240. The molecule has 32 heavy (non-hydrogen) atoms. The van der Waals surface area contributed by atoms with Crippen molar-refractivity contribution >= 4 is 11.7 Å². The van der Waals surface area contributed by atoms with Crippen LogP contribution in [-0.2, 0) is 13.0 Å². The van der Waals surface area contributed by atoms with Gasteiger partial charge in [-0.15, -0.1) is 0 Å². The van der Waals surface area contributed by atoms with E-state index in [4.69, 9.17) is 5.73 Å². The Labute approximate surface area is 185 Å². The number of nitrogens with one attached hydrogen (secondary N) is 1. The number of para-hydroxylation sites is 1. The van der Waals surface area contributed by atoms with Crippen LogP contribution in [0, 0.1) is 11.3 Å². The molecule has 1 amide bonds. The fraction of sp³-hybridized carbons (Fsp3) is 0.167. The first-order valence-electron chi connectivity index (χ1n) is 10.3. The lowest BCUT2D eigenvalue weighted by atomic mass is 10.1. The first kappa shape index (κ1) is 20.9. The minimum atomic E-state index is -0.181. The topological polar surface area (TPSA) is 115 Å². The Hall–Kier alpha value is -4.38. The summed E-state index contributed by atoms with van der Waals surface area (Å²) in [4.78, 5) is 12.4. The molecule has 0 radical (unpaired) electrons. The molecule has 0 unspecified atom stereocenters. The van der Waals surface area contributed by atoms with Gasteiger partial charge in [0.2, 0.25) is 0 Å². The van der Waals surface area contributed by atoms with Gasteiger partial charge in [0, 0.05) is 12.7 Å². The molecular formula is C24H23N7O. The number of nitrogens with zero attached hydrogens (tertiary/aromatic N) is 5. The zero-order valence-electron chi connectivity index (χ0n) is 17.5. The van der Waals surface area contributed by atoms with Crippen LogP contribution in [0.5, 0.6) is 0 Å². The Morgan fingerprint density at radius 2 is 1.81 bits per heavy atom. The lowest BCUT2D eigenvalue weighted by Gasteiger charge is -2.03. The van der Waals surface area contributed by atoms with Gasteiger partial charge in [0.1, 0.15) is 17.5 Å². The Kier molecular flexibility index (Phi) is 6.28. The third kappa shape index (κ3) is 4.68. The van der Waals surface area contributed by atoms with E-state index in [-0.39, 0.29) is 5.91 Å². The second kappa shape index (κ2) is 9.62. The van der Waals surface area contributed by atoms with Gasteiger partial charge in [-0.2, -0.15) is 15.5 Å². The van der Waals surface area contributed by atoms with Crippen LogP contribution >= 0.6 is 0 Å². The quantitative estimate of drug-likeness (QED) is 0.421. The molecule has 0 aliphatic heterocycles. The van der Waals surface area contributed by atoms with Crippen molar-refractivity contribution in [1.29, 1.82) is 5.26 Å². The van der Waals surface area contributed by atoms with Crippen LogP contribution in [0.1, 0.15) is 33.6 Å². The van der Waals surface area contributed by atoms with Gasteiger partial charge in [-0.3, -0.25) is 9.48 Å². The highest BCUT2D eigenvalue weighted by Crippen LogP contribution is 2.21. The first-order chi connectivity index (χ1) is 15.7. The molecule has 0 spiro atoms. The Morgan fingerprint density at radius 3 is 2.53 bits per heavy atom. The van der Waals surface area contributed by atoms with E-state index < -0.39 is 0 Å². The van der Waals surface area contributed by atoms with Crippen molar-refractivity contribution in [3.05, 3.63) is 95.4 Å². The maximum atomic E-state index is 12.4. The van der Waals surface area contributed by atoms with Crippen LogP contribution in [-0.4, -0.2) is 32.0 Å². The van der Waals surface area contributed by atoms with Crippen molar-refractivity contribution in [1.82, 2.24) is 24.9 Å². The molecule has 0 fully saturated rings. The second-order valence-electron chi connectivity index (χ2n) is 7.34. The smallest absolute Gasteiger partial charge is 0.254 e. The van der Waals surface area contributed by atoms with Gasteiger partial charge in [0.15, 0.2) is 0 Å². The average molecular weight is 425 g/mol. The molecule has 160 valence electrons. The summed E-state index contributed by atoms with van der Waals surface area (Å²) in [5.74, 6) is 0.141. The number of carbonyl (C=O) groups is 1.